The molecule has 0 aliphatic carbocycles. The first-order chi connectivity index (χ1) is 11.5. The summed E-state index contributed by atoms with van der Waals surface area (Å²) in [5.74, 6) is 0. The highest BCUT2D eigenvalue weighted by atomic mass is 35.5. The molecule has 2 aromatic rings. The van der Waals surface area contributed by atoms with E-state index in [1.54, 1.807) is 0 Å². The van der Waals surface area contributed by atoms with Crippen LogP contribution in [-0.2, 0) is 28.1 Å². The third kappa shape index (κ3) is 2.63. The van der Waals surface area contributed by atoms with Gasteiger partial charge in [0, 0.05) is 17.0 Å². The van der Waals surface area contributed by atoms with E-state index in [0.29, 0.717) is 35.0 Å². The van der Waals surface area contributed by atoms with Crippen LogP contribution in [0, 0.1) is 0 Å². The Morgan fingerprint density at radius 2 is 2.12 bits per heavy atom. The first-order valence-electron chi connectivity index (χ1n) is 7.67. The van der Waals surface area contributed by atoms with Crippen molar-refractivity contribution in [2.45, 2.75) is 36.8 Å². The highest BCUT2D eigenvalue weighted by molar-refractivity contribution is 7.98. The summed E-state index contributed by atoms with van der Waals surface area (Å²) in [7, 11) is 0. The van der Waals surface area contributed by atoms with Crippen LogP contribution < -0.4 is 0 Å². The molecule has 0 saturated heterocycles. The van der Waals surface area contributed by atoms with E-state index in [9.17, 15) is 0 Å². The van der Waals surface area contributed by atoms with E-state index in [-0.39, 0.29) is 6.10 Å². The number of thioether (sulfide) groups is 1. The number of hydrogen-bond donors (Lipinski definition) is 0. The van der Waals surface area contributed by atoms with E-state index in [2.05, 4.69) is 9.97 Å². The summed E-state index contributed by atoms with van der Waals surface area (Å²) < 4.78 is 12.3. The van der Waals surface area contributed by atoms with Gasteiger partial charge in [-0.25, -0.2) is 9.97 Å². The minimum atomic E-state index is -0.576. The Hall–Kier alpha value is -0.850. The quantitative estimate of drug-likeness (QED) is 0.410. The van der Waals surface area contributed by atoms with E-state index in [4.69, 9.17) is 32.7 Å². The molecule has 0 fully saturated rings. The molecule has 0 radical (unpaired) electrons. The third-order valence-electron chi connectivity index (χ3n) is 4.66. The fraction of sp³-hybridized carbons (Fsp3) is 0.412. The minimum absolute atomic E-state index is 0.0173. The maximum absolute atomic E-state index is 6.31. The molecule has 0 N–H and O–H groups in total. The first kappa shape index (κ1) is 16.6. The zero-order valence-corrected chi connectivity index (χ0v) is 15.6. The van der Waals surface area contributed by atoms with Crippen molar-refractivity contribution in [3.63, 3.8) is 0 Å². The van der Waals surface area contributed by atoms with Crippen molar-refractivity contribution in [3.8, 4) is 0 Å². The van der Waals surface area contributed by atoms with Crippen LogP contribution in [-0.4, -0.2) is 22.8 Å². The zero-order chi connectivity index (χ0) is 16.9. The maximum atomic E-state index is 6.31. The Morgan fingerprint density at radius 3 is 2.92 bits per heavy atom. The number of nitrogens with zero attached hydrogens (tertiary/aromatic N) is 2. The first-order valence-corrected chi connectivity index (χ1v) is 9.65. The average Bonchev–Trinajstić information content (AvgIpc) is 2.58. The lowest BCUT2D eigenvalue weighted by Crippen LogP contribution is -2.44. The van der Waals surface area contributed by atoms with Crippen LogP contribution in [0.15, 0.2) is 23.4 Å². The number of benzene rings is 1. The van der Waals surface area contributed by atoms with Gasteiger partial charge in [0.1, 0.15) is 10.8 Å². The molecule has 3 heterocycles. The molecule has 0 amide bonds. The van der Waals surface area contributed by atoms with E-state index in [1.807, 2.05) is 31.4 Å². The molecule has 7 heteroatoms. The van der Waals surface area contributed by atoms with E-state index < -0.39 is 5.60 Å². The molecule has 2 aliphatic rings. The van der Waals surface area contributed by atoms with Crippen LogP contribution >= 0.6 is 35.0 Å². The minimum Gasteiger partial charge on any atom is -0.370 e. The highest BCUT2D eigenvalue weighted by Crippen LogP contribution is 2.45. The monoisotopic (exact) mass is 382 g/mol. The zero-order valence-electron chi connectivity index (χ0n) is 13.3. The summed E-state index contributed by atoms with van der Waals surface area (Å²) in [6.45, 7) is 2.88. The van der Waals surface area contributed by atoms with Crippen LogP contribution in [0.1, 0.15) is 35.4 Å². The molecule has 126 valence electrons. The Bertz CT molecular complexity index is 817. The molecule has 1 aromatic heterocycles. The van der Waals surface area contributed by atoms with Gasteiger partial charge >= 0.3 is 0 Å². The van der Waals surface area contributed by atoms with Gasteiger partial charge < -0.3 is 9.47 Å². The molecule has 4 nitrogen and oxygen atoms in total. The van der Waals surface area contributed by atoms with Crippen LogP contribution in [0.2, 0.25) is 10.2 Å². The third-order valence-corrected chi connectivity index (χ3v) is 5.76. The van der Waals surface area contributed by atoms with Crippen molar-refractivity contribution in [2.75, 3.05) is 12.9 Å². The maximum Gasteiger partial charge on any atom is 0.188 e. The topological polar surface area (TPSA) is 44.2 Å². The second-order valence-electron chi connectivity index (χ2n) is 6.07. The van der Waals surface area contributed by atoms with Gasteiger partial charge in [-0.15, -0.1) is 0 Å². The molecule has 2 aliphatic heterocycles. The number of aromatic nitrogens is 2. The summed E-state index contributed by atoms with van der Waals surface area (Å²) in [4.78, 5) is 8.95. The Labute approximate surface area is 154 Å². The van der Waals surface area contributed by atoms with Crippen molar-refractivity contribution in [3.05, 3.63) is 50.8 Å². The lowest BCUT2D eigenvalue weighted by Gasteiger charge is -2.43. The van der Waals surface area contributed by atoms with Crippen molar-refractivity contribution < 1.29 is 9.47 Å². The highest BCUT2D eigenvalue weighted by Gasteiger charge is 2.44. The Balaban J connectivity index is 1.83. The lowest BCUT2D eigenvalue weighted by atomic mass is 9.81. The van der Waals surface area contributed by atoms with Gasteiger partial charge in [-0.05, 0) is 36.4 Å². The van der Waals surface area contributed by atoms with Gasteiger partial charge in [0.2, 0.25) is 0 Å². The van der Waals surface area contributed by atoms with Crippen LogP contribution in [0.4, 0.5) is 0 Å². The smallest absolute Gasteiger partial charge is 0.188 e. The lowest BCUT2D eigenvalue weighted by molar-refractivity contribution is -0.148. The summed E-state index contributed by atoms with van der Waals surface area (Å²) in [6.07, 6.45) is 2.55. The normalized spacial score (nSPS) is 25.4. The van der Waals surface area contributed by atoms with Crippen LogP contribution in [0.3, 0.4) is 0 Å². The number of halogens is 2. The number of ether oxygens (including phenoxy) is 2. The van der Waals surface area contributed by atoms with Gasteiger partial charge in [0.05, 0.1) is 25.0 Å². The van der Waals surface area contributed by atoms with Gasteiger partial charge in [-0.2, -0.15) is 0 Å². The van der Waals surface area contributed by atoms with Crippen molar-refractivity contribution in [1.29, 1.82) is 0 Å². The summed E-state index contributed by atoms with van der Waals surface area (Å²) in [5, 5.41) is 1.84. The molecule has 0 bridgehead atoms. The second-order valence-corrected chi connectivity index (χ2v) is 7.64. The molecule has 0 unspecified atom stereocenters. The molecule has 1 aromatic carbocycles. The standard InChI is InChI=1S/C17H16Cl2N2O2S/c1-9-11-4-3-10(18)5-13(11)17(8-22-9)6-14-12(7-23-17)15(19)21-16(20-14)24-2/h3-5,9H,6-8H2,1-2H3/t9-,17+/m0/s1. The fourth-order valence-electron chi connectivity index (χ4n) is 3.36. The second kappa shape index (κ2) is 6.15. The van der Waals surface area contributed by atoms with Gasteiger partial charge in [-0.1, -0.05) is 41.0 Å². The van der Waals surface area contributed by atoms with Crippen molar-refractivity contribution in [1.82, 2.24) is 9.97 Å². The molecule has 4 rings (SSSR count). The van der Waals surface area contributed by atoms with Gasteiger partial charge in [0.15, 0.2) is 5.16 Å². The van der Waals surface area contributed by atoms with E-state index in [0.717, 1.165) is 22.4 Å². The molecular weight excluding hydrogens is 367 g/mol. The summed E-state index contributed by atoms with van der Waals surface area (Å²) >= 11 is 14.0. The molecule has 0 saturated carbocycles. The Morgan fingerprint density at radius 1 is 1.29 bits per heavy atom. The predicted molar refractivity (Wildman–Crippen MR) is 94.8 cm³/mol. The van der Waals surface area contributed by atoms with Gasteiger partial charge in [-0.3, -0.25) is 0 Å². The molecular formula is C17H16Cl2N2O2S. The van der Waals surface area contributed by atoms with Gasteiger partial charge in [0.25, 0.3) is 0 Å². The van der Waals surface area contributed by atoms with Crippen LogP contribution in [0.5, 0.6) is 0 Å². The number of hydrogen-bond acceptors (Lipinski definition) is 5. The average molecular weight is 383 g/mol. The summed E-state index contributed by atoms with van der Waals surface area (Å²) in [5.41, 5.74) is 3.41. The SMILES string of the molecule is CSc1nc(Cl)c2c(n1)C[C@]1(CO[C@@H](C)c3ccc(Cl)cc31)OC2. The molecule has 24 heavy (non-hydrogen) atoms. The predicted octanol–water partition coefficient (Wildman–Crippen LogP) is 4.56. The number of fused-ring (bicyclic) bond motifs is 3. The van der Waals surface area contributed by atoms with Crippen molar-refractivity contribution in [2.24, 2.45) is 0 Å². The number of rotatable bonds is 1. The summed E-state index contributed by atoms with van der Waals surface area (Å²) in [6, 6.07) is 5.89. The molecule has 1 spiro atoms. The Kier molecular flexibility index (Phi) is 4.25. The van der Waals surface area contributed by atoms with Crippen molar-refractivity contribution >= 4 is 35.0 Å². The van der Waals surface area contributed by atoms with Crippen LogP contribution in [0.25, 0.3) is 0 Å². The fourth-order valence-corrected chi connectivity index (χ4v) is 4.21. The molecule has 2 atom stereocenters. The van der Waals surface area contributed by atoms with E-state index >= 15 is 0 Å². The largest absolute Gasteiger partial charge is 0.370 e. The van der Waals surface area contributed by atoms with E-state index in [1.165, 1.54) is 11.8 Å².